The molecule has 0 saturated carbocycles. The van der Waals surface area contributed by atoms with Crippen molar-refractivity contribution >= 4 is 23.6 Å². The van der Waals surface area contributed by atoms with Crippen molar-refractivity contribution in [2.24, 2.45) is 0 Å². The summed E-state index contributed by atoms with van der Waals surface area (Å²) in [5.41, 5.74) is 4.81. The molecule has 5 nitrogen and oxygen atoms in total. The minimum Gasteiger partial charge on any atom is -0.469 e. The molecule has 0 atom stereocenters. The van der Waals surface area contributed by atoms with Gasteiger partial charge in [-0.25, -0.2) is 4.79 Å². The number of benzene rings is 2. The first-order chi connectivity index (χ1) is 12.9. The predicted molar refractivity (Wildman–Crippen MR) is 108 cm³/mol. The first-order valence-corrected chi connectivity index (χ1v) is 9.18. The van der Waals surface area contributed by atoms with E-state index >= 15 is 0 Å². The number of aryl methyl sites for hydroxylation is 1. The minimum absolute atomic E-state index is 0.123. The Morgan fingerprint density at radius 2 is 1.93 bits per heavy atom. The Morgan fingerprint density at radius 1 is 1.19 bits per heavy atom. The molecular weight excluding hydrogens is 364 g/mol. The molecule has 1 N–H and O–H groups in total. The van der Waals surface area contributed by atoms with Crippen LogP contribution in [0.4, 0.5) is 4.79 Å². The molecule has 6 heteroatoms. The minimum atomic E-state index is -0.316. The lowest BCUT2D eigenvalue weighted by atomic mass is 9.95. The molecule has 2 aromatic carbocycles. The topological polar surface area (TPSA) is 58.6 Å². The van der Waals surface area contributed by atoms with Gasteiger partial charge in [-0.3, -0.25) is 4.79 Å². The average Bonchev–Trinajstić information content (AvgIpc) is 2.64. The quantitative estimate of drug-likeness (QED) is 0.755. The van der Waals surface area contributed by atoms with E-state index in [0.717, 1.165) is 27.8 Å². The van der Waals surface area contributed by atoms with Crippen molar-refractivity contribution in [3.63, 3.8) is 0 Å². The fraction of sp³-hybridized carbons (Fsp3) is 0.333. The highest BCUT2D eigenvalue weighted by molar-refractivity contribution is 6.31. The van der Waals surface area contributed by atoms with Gasteiger partial charge in [-0.1, -0.05) is 41.4 Å². The van der Waals surface area contributed by atoms with Gasteiger partial charge in [0.05, 0.1) is 13.5 Å². The molecule has 0 aliphatic carbocycles. The van der Waals surface area contributed by atoms with Gasteiger partial charge in [0.25, 0.3) is 0 Å². The van der Waals surface area contributed by atoms with Crippen LogP contribution in [0.15, 0.2) is 36.4 Å². The molecule has 0 aliphatic heterocycles. The monoisotopic (exact) mass is 388 g/mol. The molecule has 2 amide bonds. The molecule has 0 spiro atoms. The summed E-state index contributed by atoms with van der Waals surface area (Å²) >= 11 is 6.29. The first kappa shape index (κ1) is 20.8. The smallest absolute Gasteiger partial charge is 0.317 e. The van der Waals surface area contributed by atoms with Gasteiger partial charge in [0, 0.05) is 25.2 Å². The molecule has 144 valence electrons. The zero-order valence-electron chi connectivity index (χ0n) is 16.1. The van der Waals surface area contributed by atoms with Crippen LogP contribution in [0.1, 0.15) is 23.6 Å². The fourth-order valence-corrected chi connectivity index (χ4v) is 3.23. The largest absolute Gasteiger partial charge is 0.469 e. The van der Waals surface area contributed by atoms with Crippen LogP contribution in [0, 0.1) is 6.92 Å². The van der Waals surface area contributed by atoms with Crippen LogP contribution in [0.3, 0.4) is 0 Å². The third kappa shape index (κ3) is 5.47. The number of nitrogens with zero attached hydrogens (tertiary/aromatic N) is 1. The maximum Gasteiger partial charge on any atom is 0.317 e. The van der Waals surface area contributed by atoms with Gasteiger partial charge in [0.2, 0.25) is 0 Å². The van der Waals surface area contributed by atoms with E-state index in [4.69, 9.17) is 16.3 Å². The maximum absolute atomic E-state index is 12.1. The molecule has 0 heterocycles. The number of carbonyl (C=O) groups excluding carboxylic acids is 2. The zero-order chi connectivity index (χ0) is 20.0. The third-order valence-corrected chi connectivity index (χ3v) is 4.57. The SMILES string of the molecule is CCN(Cc1cc(C)ccc1-c1cc(Cl)cc(CC(=O)OC)c1)C(=O)NC. The van der Waals surface area contributed by atoms with Crippen molar-refractivity contribution in [3.05, 3.63) is 58.1 Å². The van der Waals surface area contributed by atoms with Crippen molar-refractivity contribution in [3.8, 4) is 11.1 Å². The highest BCUT2D eigenvalue weighted by Gasteiger charge is 2.15. The number of nitrogens with one attached hydrogen (secondary N) is 1. The van der Waals surface area contributed by atoms with Crippen LogP contribution in [-0.2, 0) is 22.5 Å². The van der Waals surface area contributed by atoms with Crippen molar-refractivity contribution in [2.75, 3.05) is 20.7 Å². The van der Waals surface area contributed by atoms with Crippen LogP contribution in [0.25, 0.3) is 11.1 Å². The molecule has 0 aliphatic rings. The molecule has 0 fully saturated rings. The first-order valence-electron chi connectivity index (χ1n) is 8.80. The number of halogens is 1. The standard InChI is InChI=1S/C21H25ClN2O3/c1-5-24(21(26)23-3)13-17-8-14(2)6-7-19(17)16-9-15(10-18(22)12-16)11-20(25)27-4/h6-10,12H,5,11,13H2,1-4H3,(H,23,26). The lowest BCUT2D eigenvalue weighted by Crippen LogP contribution is -2.37. The van der Waals surface area contributed by atoms with E-state index in [-0.39, 0.29) is 18.4 Å². The third-order valence-electron chi connectivity index (χ3n) is 4.35. The summed E-state index contributed by atoms with van der Waals surface area (Å²) < 4.78 is 4.75. The van der Waals surface area contributed by atoms with Gasteiger partial charge < -0.3 is 15.0 Å². The number of rotatable bonds is 6. The van der Waals surface area contributed by atoms with Crippen LogP contribution < -0.4 is 5.32 Å². The van der Waals surface area contributed by atoms with E-state index in [9.17, 15) is 9.59 Å². The van der Waals surface area contributed by atoms with Crippen molar-refractivity contribution in [2.45, 2.75) is 26.8 Å². The fourth-order valence-electron chi connectivity index (χ4n) is 2.97. The second-order valence-electron chi connectivity index (χ2n) is 6.33. The number of hydrogen-bond acceptors (Lipinski definition) is 3. The highest BCUT2D eigenvalue weighted by Crippen LogP contribution is 2.30. The normalized spacial score (nSPS) is 10.4. The van der Waals surface area contributed by atoms with Gasteiger partial charge in [-0.15, -0.1) is 0 Å². The molecule has 2 aromatic rings. The lowest BCUT2D eigenvalue weighted by Gasteiger charge is -2.22. The predicted octanol–water partition coefficient (Wildman–Crippen LogP) is 4.19. The Morgan fingerprint density at radius 3 is 2.56 bits per heavy atom. The van der Waals surface area contributed by atoms with Crippen molar-refractivity contribution in [1.82, 2.24) is 10.2 Å². The summed E-state index contributed by atoms with van der Waals surface area (Å²) in [6, 6.07) is 11.6. The molecule has 27 heavy (non-hydrogen) atoms. The average molecular weight is 389 g/mol. The zero-order valence-corrected chi connectivity index (χ0v) is 16.9. The molecule has 2 rings (SSSR count). The Hall–Kier alpha value is -2.53. The Balaban J connectivity index is 2.46. The van der Waals surface area contributed by atoms with Crippen LogP contribution in [-0.4, -0.2) is 37.6 Å². The summed E-state index contributed by atoms with van der Waals surface area (Å²) in [6.45, 7) is 5.03. The van der Waals surface area contributed by atoms with E-state index in [0.29, 0.717) is 18.1 Å². The summed E-state index contributed by atoms with van der Waals surface area (Å²) in [7, 11) is 2.99. The number of methoxy groups -OCH3 is 1. The molecule has 0 unspecified atom stereocenters. The summed E-state index contributed by atoms with van der Waals surface area (Å²) in [6.07, 6.45) is 0.157. The van der Waals surface area contributed by atoms with Crippen molar-refractivity contribution < 1.29 is 14.3 Å². The summed E-state index contributed by atoms with van der Waals surface area (Å²) in [5.74, 6) is -0.316. The number of hydrogen-bond donors (Lipinski definition) is 1. The van der Waals surface area contributed by atoms with E-state index in [1.54, 1.807) is 18.0 Å². The van der Waals surface area contributed by atoms with Gasteiger partial charge >= 0.3 is 12.0 Å². The van der Waals surface area contributed by atoms with Gasteiger partial charge in [-0.2, -0.15) is 0 Å². The molecule has 0 aromatic heterocycles. The van der Waals surface area contributed by atoms with Gasteiger partial charge in [-0.05, 0) is 48.2 Å². The lowest BCUT2D eigenvalue weighted by molar-refractivity contribution is -0.139. The number of carbonyl (C=O) groups is 2. The van der Waals surface area contributed by atoms with Gasteiger partial charge in [0.1, 0.15) is 0 Å². The van der Waals surface area contributed by atoms with Crippen LogP contribution in [0.5, 0.6) is 0 Å². The number of amides is 2. The number of urea groups is 1. The molecule has 0 radical (unpaired) electrons. The van der Waals surface area contributed by atoms with E-state index in [2.05, 4.69) is 11.4 Å². The van der Waals surface area contributed by atoms with E-state index in [1.165, 1.54) is 7.11 Å². The van der Waals surface area contributed by atoms with Crippen LogP contribution in [0.2, 0.25) is 5.02 Å². The van der Waals surface area contributed by atoms with Crippen molar-refractivity contribution in [1.29, 1.82) is 0 Å². The van der Waals surface area contributed by atoms with E-state index < -0.39 is 0 Å². The number of ether oxygens (including phenoxy) is 1. The summed E-state index contributed by atoms with van der Waals surface area (Å²) in [4.78, 5) is 25.4. The number of esters is 1. The molecular formula is C21H25ClN2O3. The molecule has 0 bridgehead atoms. The van der Waals surface area contributed by atoms with Gasteiger partial charge in [0.15, 0.2) is 0 Å². The highest BCUT2D eigenvalue weighted by atomic mass is 35.5. The second-order valence-corrected chi connectivity index (χ2v) is 6.77. The Bertz CT molecular complexity index is 836. The van der Waals surface area contributed by atoms with E-state index in [1.807, 2.05) is 38.1 Å². The maximum atomic E-state index is 12.1. The summed E-state index contributed by atoms with van der Waals surface area (Å²) in [5, 5.41) is 3.22. The Labute approximate surface area is 165 Å². The molecule has 0 saturated heterocycles. The Kier molecular flexibility index (Phi) is 7.25. The van der Waals surface area contributed by atoms with Crippen LogP contribution >= 0.6 is 11.6 Å². The second kappa shape index (κ2) is 9.42.